The number of anilines is 1. The van der Waals surface area contributed by atoms with Gasteiger partial charge in [-0.2, -0.15) is 0 Å². The number of hydrogen-bond acceptors (Lipinski definition) is 4. The van der Waals surface area contributed by atoms with E-state index >= 15 is 0 Å². The van der Waals surface area contributed by atoms with Crippen molar-refractivity contribution in [2.75, 3.05) is 5.32 Å². The van der Waals surface area contributed by atoms with Gasteiger partial charge in [0.1, 0.15) is 5.82 Å². The summed E-state index contributed by atoms with van der Waals surface area (Å²) in [4.78, 5) is 12.3. The molecule has 3 aromatic rings. The number of amides is 1. The van der Waals surface area contributed by atoms with Crippen molar-refractivity contribution in [1.29, 1.82) is 0 Å². The van der Waals surface area contributed by atoms with Crippen LogP contribution >= 0.6 is 22.6 Å². The molecule has 3 rings (SSSR count). The van der Waals surface area contributed by atoms with E-state index in [0.717, 1.165) is 5.56 Å². The number of aromatic nitrogens is 4. The smallest absolute Gasteiger partial charge is 0.256 e. The molecule has 0 bridgehead atoms. The van der Waals surface area contributed by atoms with Crippen LogP contribution in [0.25, 0.3) is 11.4 Å². The molecule has 0 aliphatic carbocycles. The highest BCUT2D eigenvalue weighted by Gasteiger charge is 2.12. The van der Waals surface area contributed by atoms with Crippen molar-refractivity contribution in [3.8, 4) is 11.4 Å². The fourth-order valence-corrected chi connectivity index (χ4v) is 2.80. The molecule has 0 fully saturated rings. The highest BCUT2D eigenvalue weighted by Crippen LogP contribution is 2.21. The van der Waals surface area contributed by atoms with Gasteiger partial charge in [-0.05, 0) is 63.3 Å². The Morgan fingerprint density at radius 1 is 1.26 bits per heavy atom. The van der Waals surface area contributed by atoms with Crippen LogP contribution in [0.1, 0.15) is 10.4 Å². The average Bonchev–Trinajstić information content (AvgIpc) is 2.93. The number of nitrogens with zero attached hydrogens (tertiary/aromatic N) is 4. The standard InChI is InChI=1S/C15H11FIN5O/c1-22-14(19-20-21-22)9-3-2-4-11(7-9)18-15(23)12-6-5-10(16)8-13(12)17/h2-8H,1H3,(H,18,23). The number of halogens is 2. The topological polar surface area (TPSA) is 72.7 Å². The van der Waals surface area contributed by atoms with Gasteiger partial charge in [0.05, 0.1) is 5.56 Å². The predicted molar refractivity (Wildman–Crippen MR) is 91.3 cm³/mol. The molecule has 0 radical (unpaired) electrons. The number of carbonyl (C=O) groups is 1. The molecule has 23 heavy (non-hydrogen) atoms. The van der Waals surface area contributed by atoms with E-state index in [4.69, 9.17) is 0 Å². The number of rotatable bonds is 3. The summed E-state index contributed by atoms with van der Waals surface area (Å²) < 4.78 is 15.2. The second kappa shape index (κ2) is 6.41. The van der Waals surface area contributed by atoms with Crippen molar-refractivity contribution in [3.05, 3.63) is 57.4 Å². The zero-order valence-electron chi connectivity index (χ0n) is 12.0. The summed E-state index contributed by atoms with van der Waals surface area (Å²) in [5.41, 5.74) is 1.80. The largest absolute Gasteiger partial charge is 0.322 e. The molecule has 116 valence electrons. The van der Waals surface area contributed by atoms with Crippen LogP contribution in [0.3, 0.4) is 0 Å². The van der Waals surface area contributed by atoms with Crippen LogP contribution in [0.4, 0.5) is 10.1 Å². The molecule has 0 aliphatic heterocycles. The maximum absolute atomic E-state index is 13.1. The zero-order valence-corrected chi connectivity index (χ0v) is 14.2. The van der Waals surface area contributed by atoms with Crippen LogP contribution in [0, 0.1) is 9.39 Å². The molecule has 0 aliphatic rings. The van der Waals surface area contributed by atoms with Gasteiger partial charge in [-0.1, -0.05) is 12.1 Å². The van der Waals surface area contributed by atoms with Crippen LogP contribution in [0.5, 0.6) is 0 Å². The third-order valence-electron chi connectivity index (χ3n) is 3.17. The zero-order chi connectivity index (χ0) is 16.4. The quantitative estimate of drug-likeness (QED) is 0.658. The van der Waals surface area contributed by atoms with Crippen LogP contribution in [-0.2, 0) is 7.05 Å². The Hall–Kier alpha value is -2.36. The van der Waals surface area contributed by atoms with E-state index in [0.29, 0.717) is 20.6 Å². The van der Waals surface area contributed by atoms with Gasteiger partial charge >= 0.3 is 0 Å². The maximum Gasteiger partial charge on any atom is 0.256 e. The third kappa shape index (κ3) is 3.36. The van der Waals surface area contributed by atoms with Crippen LogP contribution in [-0.4, -0.2) is 26.1 Å². The average molecular weight is 423 g/mol. The lowest BCUT2D eigenvalue weighted by atomic mass is 10.1. The second-order valence-corrected chi connectivity index (χ2v) is 5.95. The summed E-state index contributed by atoms with van der Waals surface area (Å²) in [5, 5.41) is 14.1. The molecule has 1 amide bonds. The van der Waals surface area contributed by atoms with E-state index in [1.165, 1.54) is 18.2 Å². The Labute approximate surface area is 144 Å². The minimum Gasteiger partial charge on any atom is -0.322 e. The van der Waals surface area contributed by atoms with Crippen LogP contribution in [0.2, 0.25) is 0 Å². The molecular weight excluding hydrogens is 412 g/mol. The van der Waals surface area contributed by atoms with Crippen molar-refractivity contribution in [1.82, 2.24) is 20.2 Å². The number of nitrogens with one attached hydrogen (secondary N) is 1. The first-order chi connectivity index (χ1) is 11.0. The predicted octanol–water partition coefficient (Wildman–Crippen LogP) is 2.87. The molecule has 0 unspecified atom stereocenters. The minimum absolute atomic E-state index is 0.303. The number of benzene rings is 2. The molecule has 1 heterocycles. The number of carbonyl (C=O) groups excluding carboxylic acids is 1. The van der Waals surface area contributed by atoms with Gasteiger partial charge in [0.15, 0.2) is 5.82 Å². The maximum atomic E-state index is 13.1. The first-order valence-electron chi connectivity index (χ1n) is 6.64. The van der Waals surface area contributed by atoms with E-state index in [1.54, 1.807) is 29.9 Å². The van der Waals surface area contributed by atoms with Gasteiger partial charge in [0.2, 0.25) is 0 Å². The van der Waals surface area contributed by atoms with Gasteiger partial charge < -0.3 is 5.32 Å². The summed E-state index contributed by atoms with van der Waals surface area (Å²) >= 11 is 1.93. The normalized spacial score (nSPS) is 10.6. The van der Waals surface area contributed by atoms with Gasteiger partial charge in [-0.15, -0.1) is 5.10 Å². The van der Waals surface area contributed by atoms with E-state index in [1.807, 2.05) is 28.7 Å². The number of hydrogen-bond donors (Lipinski definition) is 1. The van der Waals surface area contributed by atoms with Crippen molar-refractivity contribution in [2.45, 2.75) is 0 Å². The monoisotopic (exact) mass is 423 g/mol. The van der Waals surface area contributed by atoms with Crippen molar-refractivity contribution < 1.29 is 9.18 Å². The molecule has 0 saturated heterocycles. The Balaban J connectivity index is 1.86. The SMILES string of the molecule is Cn1nnnc1-c1cccc(NC(=O)c2ccc(F)cc2I)c1. The Morgan fingerprint density at radius 2 is 2.09 bits per heavy atom. The highest BCUT2D eigenvalue weighted by atomic mass is 127. The molecular formula is C15H11FIN5O. The van der Waals surface area contributed by atoms with Gasteiger partial charge in [0, 0.05) is 21.9 Å². The van der Waals surface area contributed by atoms with Gasteiger partial charge in [-0.25, -0.2) is 9.07 Å². The molecule has 2 aromatic carbocycles. The van der Waals surface area contributed by atoms with Crippen LogP contribution in [0.15, 0.2) is 42.5 Å². The Kier molecular flexibility index (Phi) is 4.33. The summed E-state index contributed by atoms with van der Waals surface area (Å²) in [5.74, 6) is -0.0807. The summed E-state index contributed by atoms with van der Waals surface area (Å²) in [7, 11) is 1.74. The highest BCUT2D eigenvalue weighted by molar-refractivity contribution is 14.1. The fraction of sp³-hybridized carbons (Fsp3) is 0.0667. The molecule has 1 N–H and O–H groups in total. The van der Waals surface area contributed by atoms with Gasteiger partial charge in [-0.3, -0.25) is 4.79 Å². The first-order valence-corrected chi connectivity index (χ1v) is 7.71. The molecule has 0 saturated carbocycles. The lowest BCUT2D eigenvalue weighted by Gasteiger charge is -2.08. The van der Waals surface area contributed by atoms with E-state index in [2.05, 4.69) is 20.8 Å². The molecule has 1 aromatic heterocycles. The van der Waals surface area contributed by atoms with Crippen molar-refractivity contribution in [2.24, 2.45) is 7.05 Å². The minimum atomic E-state index is -0.372. The van der Waals surface area contributed by atoms with Gasteiger partial charge in [0.25, 0.3) is 5.91 Å². The van der Waals surface area contributed by atoms with Crippen molar-refractivity contribution in [3.63, 3.8) is 0 Å². The summed E-state index contributed by atoms with van der Waals surface area (Å²) in [6.07, 6.45) is 0. The summed E-state index contributed by atoms with van der Waals surface area (Å²) in [6, 6.07) is 11.2. The van der Waals surface area contributed by atoms with E-state index in [-0.39, 0.29) is 11.7 Å². The number of aryl methyl sites for hydroxylation is 1. The summed E-state index contributed by atoms with van der Waals surface area (Å²) in [6.45, 7) is 0. The lowest BCUT2D eigenvalue weighted by Crippen LogP contribution is -2.13. The van der Waals surface area contributed by atoms with Crippen molar-refractivity contribution >= 4 is 34.2 Å². The van der Waals surface area contributed by atoms with E-state index < -0.39 is 0 Å². The van der Waals surface area contributed by atoms with E-state index in [9.17, 15) is 9.18 Å². The fourth-order valence-electron chi connectivity index (χ4n) is 2.08. The first kappa shape index (κ1) is 15.5. The van der Waals surface area contributed by atoms with Crippen LogP contribution < -0.4 is 5.32 Å². The third-order valence-corrected chi connectivity index (χ3v) is 4.07. The molecule has 8 heteroatoms. The molecule has 6 nitrogen and oxygen atoms in total. The second-order valence-electron chi connectivity index (χ2n) is 4.79. The Bertz CT molecular complexity index is 880. The molecule has 0 atom stereocenters. The Morgan fingerprint density at radius 3 is 2.78 bits per heavy atom. The lowest BCUT2D eigenvalue weighted by molar-refractivity contribution is 0.102. The molecule has 0 spiro atoms. The number of tetrazole rings is 1.